The van der Waals surface area contributed by atoms with Crippen LogP contribution in [0, 0.1) is 0 Å². The van der Waals surface area contributed by atoms with Crippen molar-refractivity contribution in [1.29, 1.82) is 0 Å². The van der Waals surface area contributed by atoms with Crippen LogP contribution >= 0.6 is 11.8 Å². The van der Waals surface area contributed by atoms with Gasteiger partial charge in [-0.3, -0.25) is 0 Å². The molecule has 2 aromatic rings. The third-order valence-corrected chi connectivity index (χ3v) is 3.08. The number of aromatic nitrogens is 3. The van der Waals surface area contributed by atoms with Crippen molar-refractivity contribution in [3.8, 4) is 0 Å². The summed E-state index contributed by atoms with van der Waals surface area (Å²) in [4.78, 5) is 1.16. The van der Waals surface area contributed by atoms with Crippen LogP contribution in [0.5, 0.6) is 0 Å². The number of rotatable bonds is 3. The Balaban J connectivity index is 2.38. The van der Waals surface area contributed by atoms with Gasteiger partial charge in [-0.2, -0.15) is 15.4 Å². The predicted octanol–water partition coefficient (Wildman–Crippen LogP) is 2.04. The zero-order chi connectivity index (χ0) is 9.97. The average Bonchev–Trinajstić information content (AvgIpc) is 2.63. The summed E-state index contributed by atoms with van der Waals surface area (Å²) in [6.45, 7) is 2.16. The number of nitrogens with one attached hydrogen (secondary N) is 1. The van der Waals surface area contributed by atoms with Crippen LogP contribution in [-0.2, 0) is 0 Å². The second kappa shape index (κ2) is 3.88. The van der Waals surface area contributed by atoms with Crippen molar-refractivity contribution < 1.29 is 0 Å². The molecule has 3 N–H and O–H groups in total. The standard InChI is InChI=1S/C9H12N4S/c1-2-3-14-6-4-7(10)9-8(5-6)11-13-12-9/h4-5H,2-3,10H2,1H3,(H,11,12,13). The molecular formula is C9H12N4S. The molecule has 1 aromatic heterocycles. The van der Waals surface area contributed by atoms with E-state index in [9.17, 15) is 0 Å². The monoisotopic (exact) mass is 208 g/mol. The van der Waals surface area contributed by atoms with Gasteiger partial charge in [-0.15, -0.1) is 11.8 Å². The first-order chi connectivity index (χ1) is 6.81. The van der Waals surface area contributed by atoms with E-state index in [0.29, 0.717) is 5.69 Å². The molecule has 0 saturated heterocycles. The summed E-state index contributed by atoms with van der Waals surface area (Å²) in [5, 5.41) is 10.6. The quantitative estimate of drug-likeness (QED) is 0.598. The Morgan fingerprint density at radius 2 is 2.29 bits per heavy atom. The molecule has 2 rings (SSSR count). The zero-order valence-electron chi connectivity index (χ0n) is 7.95. The molecule has 0 aliphatic carbocycles. The minimum absolute atomic E-state index is 0.690. The average molecular weight is 208 g/mol. The molecule has 4 nitrogen and oxygen atoms in total. The lowest BCUT2D eigenvalue weighted by Crippen LogP contribution is -1.88. The number of H-pyrrole nitrogens is 1. The number of anilines is 1. The lowest BCUT2D eigenvalue weighted by Gasteiger charge is -2.00. The van der Waals surface area contributed by atoms with E-state index in [0.717, 1.165) is 28.1 Å². The normalized spacial score (nSPS) is 10.9. The molecule has 0 fully saturated rings. The number of nitrogens with two attached hydrogens (primary N) is 1. The minimum Gasteiger partial charge on any atom is -0.397 e. The van der Waals surface area contributed by atoms with E-state index in [-0.39, 0.29) is 0 Å². The minimum atomic E-state index is 0.690. The topological polar surface area (TPSA) is 67.6 Å². The van der Waals surface area contributed by atoms with E-state index < -0.39 is 0 Å². The van der Waals surface area contributed by atoms with Gasteiger partial charge in [0.1, 0.15) is 11.0 Å². The highest BCUT2D eigenvalue weighted by molar-refractivity contribution is 7.99. The molecule has 0 atom stereocenters. The van der Waals surface area contributed by atoms with Crippen molar-refractivity contribution in [3.05, 3.63) is 12.1 Å². The van der Waals surface area contributed by atoms with Crippen molar-refractivity contribution in [2.45, 2.75) is 18.2 Å². The highest BCUT2D eigenvalue weighted by Crippen LogP contribution is 2.26. The van der Waals surface area contributed by atoms with Crippen LogP contribution in [-0.4, -0.2) is 21.2 Å². The van der Waals surface area contributed by atoms with E-state index in [1.165, 1.54) is 0 Å². The SMILES string of the molecule is CCCSc1cc(N)c2n[nH]nc2c1. The van der Waals surface area contributed by atoms with Crippen LogP contribution in [0.2, 0.25) is 0 Å². The highest BCUT2D eigenvalue weighted by Gasteiger charge is 2.04. The third kappa shape index (κ3) is 1.68. The molecule has 14 heavy (non-hydrogen) atoms. The largest absolute Gasteiger partial charge is 0.397 e. The molecule has 5 heteroatoms. The number of aromatic amines is 1. The zero-order valence-corrected chi connectivity index (χ0v) is 8.77. The molecule has 0 aliphatic heterocycles. The Bertz CT molecular complexity index is 437. The molecule has 0 bridgehead atoms. The number of nitrogens with zero attached hydrogens (tertiary/aromatic N) is 2. The van der Waals surface area contributed by atoms with Gasteiger partial charge < -0.3 is 5.73 Å². The lowest BCUT2D eigenvalue weighted by molar-refractivity contribution is 0.959. The number of hydrogen-bond acceptors (Lipinski definition) is 4. The van der Waals surface area contributed by atoms with E-state index in [4.69, 9.17) is 5.73 Å². The molecule has 0 amide bonds. The summed E-state index contributed by atoms with van der Waals surface area (Å²) >= 11 is 1.79. The third-order valence-electron chi connectivity index (χ3n) is 1.90. The maximum absolute atomic E-state index is 5.84. The Hall–Kier alpha value is -1.23. The molecule has 0 unspecified atom stereocenters. The van der Waals surface area contributed by atoms with Gasteiger partial charge in [-0.25, -0.2) is 0 Å². The maximum atomic E-state index is 5.84. The van der Waals surface area contributed by atoms with Gasteiger partial charge in [0, 0.05) is 4.90 Å². The molecule has 1 heterocycles. The summed E-state index contributed by atoms with van der Waals surface area (Å²) in [7, 11) is 0. The van der Waals surface area contributed by atoms with Crippen molar-refractivity contribution in [1.82, 2.24) is 15.4 Å². The highest BCUT2D eigenvalue weighted by atomic mass is 32.2. The molecule has 1 aromatic carbocycles. The van der Waals surface area contributed by atoms with Crippen LogP contribution < -0.4 is 5.73 Å². The lowest BCUT2D eigenvalue weighted by atomic mass is 10.3. The first kappa shape index (κ1) is 9.33. The van der Waals surface area contributed by atoms with Gasteiger partial charge in [0.2, 0.25) is 0 Å². The summed E-state index contributed by atoms with van der Waals surface area (Å²) < 4.78 is 0. The van der Waals surface area contributed by atoms with Crippen LogP contribution in [0.15, 0.2) is 17.0 Å². The van der Waals surface area contributed by atoms with E-state index in [1.807, 2.05) is 12.1 Å². The van der Waals surface area contributed by atoms with Crippen molar-refractivity contribution in [2.75, 3.05) is 11.5 Å². The predicted molar refractivity (Wildman–Crippen MR) is 59.3 cm³/mol. The number of fused-ring (bicyclic) bond motifs is 1. The van der Waals surface area contributed by atoms with Crippen molar-refractivity contribution >= 4 is 28.5 Å². The van der Waals surface area contributed by atoms with Crippen LogP contribution in [0.25, 0.3) is 11.0 Å². The Morgan fingerprint density at radius 1 is 1.43 bits per heavy atom. The van der Waals surface area contributed by atoms with E-state index in [1.54, 1.807) is 11.8 Å². The fourth-order valence-corrected chi connectivity index (χ4v) is 2.10. The van der Waals surface area contributed by atoms with Gasteiger partial charge >= 0.3 is 0 Å². The van der Waals surface area contributed by atoms with E-state index in [2.05, 4.69) is 22.3 Å². The second-order valence-corrected chi connectivity index (χ2v) is 4.22. The first-order valence-electron chi connectivity index (χ1n) is 4.54. The van der Waals surface area contributed by atoms with Gasteiger partial charge in [-0.05, 0) is 24.3 Å². The molecule has 74 valence electrons. The molecular weight excluding hydrogens is 196 g/mol. The summed E-state index contributed by atoms with van der Waals surface area (Å²) in [5.74, 6) is 1.10. The molecule has 0 saturated carbocycles. The van der Waals surface area contributed by atoms with Crippen molar-refractivity contribution in [2.24, 2.45) is 0 Å². The Morgan fingerprint density at radius 3 is 3.07 bits per heavy atom. The first-order valence-corrected chi connectivity index (χ1v) is 5.52. The Labute approximate surface area is 86.3 Å². The number of nitrogen functional groups attached to an aromatic ring is 1. The Kier molecular flexibility index (Phi) is 2.58. The van der Waals surface area contributed by atoms with E-state index >= 15 is 0 Å². The van der Waals surface area contributed by atoms with Crippen LogP contribution in [0.4, 0.5) is 5.69 Å². The van der Waals surface area contributed by atoms with Gasteiger partial charge in [0.15, 0.2) is 0 Å². The molecule has 0 spiro atoms. The summed E-state index contributed by atoms with van der Waals surface area (Å²) in [5.41, 5.74) is 8.12. The van der Waals surface area contributed by atoms with Gasteiger partial charge in [0.05, 0.1) is 5.69 Å². The van der Waals surface area contributed by atoms with Crippen LogP contribution in [0.1, 0.15) is 13.3 Å². The maximum Gasteiger partial charge on any atom is 0.135 e. The van der Waals surface area contributed by atoms with Gasteiger partial charge in [0.25, 0.3) is 0 Å². The van der Waals surface area contributed by atoms with Crippen LogP contribution in [0.3, 0.4) is 0 Å². The number of hydrogen-bond donors (Lipinski definition) is 2. The fraction of sp³-hybridized carbons (Fsp3) is 0.333. The van der Waals surface area contributed by atoms with Gasteiger partial charge in [-0.1, -0.05) is 6.92 Å². The number of thioether (sulfide) groups is 1. The second-order valence-electron chi connectivity index (χ2n) is 3.05. The van der Waals surface area contributed by atoms with Crippen molar-refractivity contribution in [3.63, 3.8) is 0 Å². The molecule has 0 radical (unpaired) electrons. The fourth-order valence-electron chi connectivity index (χ4n) is 1.25. The smallest absolute Gasteiger partial charge is 0.135 e. The summed E-state index contributed by atoms with van der Waals surface area (Å²) in [6.07, 6.45) is 1.15. The molecule has 0 aliphatic rings. The summed E-state index contributed by atoms with van der Waals surface area (Å²) in [6, 6.07) is 3.96. The number of benzene rings is 1.